The number of rotatable bonds is 6. The molecule has 5 nitrogen and oxygen atoms in total. The lowest BCUT2D eigenvalue weighted by molar-refractivity contribution is 0.138. The summed E-state index contributed by atoms with van der Waals surface area (Å²) in [5, 5.41) is 2.64. The molecule has 2 aromatic carbocycles. The number of oxazole rings is 1. The smallest absolute Gasteiger partial charge is 0.407 e. The second kappa shape index (κ2) is 8.15. The highest BCUT2D eigenvalue weighted by atomic mass is 16.5. The van der Waals surface area contributed by atoms with Crippen LogP contribution in [0.4, 0.5) is 4.79 Å². The van der Waals surface area contributed by atoms with E-state index in [0.717, 1.165) is 17.5 Å². The van der Waals surface area contributed by atoms with Crippen LogP contribution in [0.1, 0.15) is 23.9 Å². The Morgan fingerprint density at radius 2 is 1.92 bits per heavy atom. The lowest BCUT2D eigenvalue weighted by Crippen LogP contribution is -2.23. The number of hydrogen-bond donors (Lipinski definition) is 1. The first kappa shape index (κ1) is 16.8. The van der Waals surface area contributed by atoms with Crippen LogP contribution in [-0.4, -0.2) is 11.1 Å². The van der Waals surface area contributed by atoms with E-state index in [1.807, 2.05) is 42.5 Å². The summed E-state index contributed by atoms with van der Waals surface area (Å²) in [7, 11) is 0. The van der Waals surface area contributed by atoms with Crippen LogP contribution in [0.5, 0.6) is 0 Å². The molecule has 0 saturated carbocycles. The summed E-state index contributed by atoms with van der Waals surface area (Å²) in [5.41, 5.74) is 3.15. The largest absolute Gasteiger partial charge is 0.445 e. The number of nitrogens with zero attached hydrogens (tertiary/aromatic N) is 1. The Labute approximate surface area is 146 Å². The molecular formula is C20H20N2O3. The summed E-state index contributed by atoms with van der Waals surface area (Å²) >= 11 is 0. The van der Waals surface area contributed by atoms with Crippen LogP contribution in [-0.2, 0) is 24.3 Å². The molecule has 0 spiro atoms. The highest BCUT2D eigenvalue weighted by Gasteiger charge is 2.09. The van der Waals surface area contributed by atoms with Gasteiger partial charge >= 0.3 is 6.09 Å². The van der Waals surface area contributed by atoms with E-state index in [2.05, 4.69) is 29.4 Å². The van der Waals surface area contributed by atoms with E-state index in [-0.39, 0.29) is 13.2 Å². The summed E-state index contributed by atoms with van der Waals surface area (Å²) in [5.74, 6) is 1.12. The van der Waals surface area contributed by atoms with E-state index >= 15 is 0 Å². The molecular weight excluding hydrogens is 316 g/mol. The highest BCUT2D eigenvalue weighted by molar-refractivity contribution is 5.67. The second-order valence-electron chi connectivity index (χ2n) is 5.59. The van der Waals surface area contributed by atoms with Crippen LogP contribution in [0.2, 0.25) is 0 Å². The fraction of sp³-hybridized carbons (Fsp3) is 0.200. The Hall–Kier alpha value is -3.08. The van der Waals surface area contributed by atoms with E-state index in [1.54, 1.807) is 6.20 Å². The maximum atomic E-state index is 11.7. The molecule has 0 radical (unpaired) electrons. The molecule has 0 bridgehead atoms. The third-order valence-electron chi connectivity index (χ3n) is 3.77. The van der Waals surface area contributed by atoms with Gasteiger partial charge in [0, 0.05) is 5.56 Å². The molecule has 0 fully saturated rings. The van der Waals surface area contributed by atoms with Crippen molar-refractivity contribution in [3.05, 3.63) is 77.8 Å². The monoisotopic (exact) mass is 336 g/mol. The van der Waals surface area contributed by atoms with E-state index in [0.29, 0.717) is 11.7 Å². The first-order valence-electron chi connectivity index (χ1n) is 8.23. The van der Waals surface area contributed by atoms with Crippen LogP contribution in [0, 0.1) is 0 Å². The SMILES string of the molecule is CCc1cccc(-c2cnc(CNC(=O)OCc3ccccc3)o2)c1. The van der Waals surface area contributed by atoms with Gasteiger partial charge in [-0.05, 0) is 23.6 Å². The van der Waals surface area contributed by atoms with Crippen molar-refractivity contribution in [1.29, 1.82) is 0 Å². The Balaban J connectivity index is 1.52. The van der Waals surface area contributed by atoms with Crippen LogP contribution < -0.4 is 5.32 Å². The zero-order valence-electron chi connectivity index (χ0n) is 14.1. The molecule has 3 rings (SSSR count). The van der Waals surface area contributed by atoms with E-state index in [9.17, 15) is 4.79 Å². The quantitative estimate of drug-likeness (QED) is 0.727. The summed E-state index contributed by atoms with van der Waals surface area (Å²) in [4.78, 5) is 15.9. The number of alkyl carbamates (subject to hydrolysis) is 1. The van der Waals surface area contributed by atoms with E-state index in [4.69, 9.17) is 9.15 Å². The minimum Gasteiger partial charge on any atom is -0.445 e. The van der Waals surface area contributed by atoms with Gasteiger partial charge in [-0.25, -0.2) is 9.78 Å². The number of amides is 1. The van der Waals surface area contributed by atoms with Crippen LogP contribution in [0.3, 0.4) is 0 Å². The lowest BCUT2D eigenvalue weighted by atomic mass is 10.1. The number of benzene rings is 2. The van der Waals surface area contributed by atoms with Gasteiger partial charge in [-0.2, -0.15) is 0 Å². The second-order valence-corrected chi connectivity index (χ2v) is 5.59. The Morgan fingerprint density at radius 3 is 2.72 bits per heavy atom. The summed E-state index contributed by atoms with van der Waals surface area (Å²) in [6.45, 7) is 2.52. The van der Waals surface area contributed by atoms with Gasteiger partial charge in [-0.3, -0.25) is 0 Å². The maximum absolute atomic E-state index is 11.7. The highest BCUT2D eigenvalue weighted by Crippen LogP contribution is 2.21. The molecule has 0 atom stereocenters. The molecule has 0 aliphatic carbocycles. The Bertz CT molecular complexity index is 828. The summed E-state index contributed by atoms with van der Waals surface area (Å²) in [6, 6.07) is 17.6. The molecule has 25 heavy (non-hydrogen) atoms. The van der Waals surface area contributed by atoms with Gasteiger partial charge in [0.25, 0.3) is 0 Å². The lowest BCUT2D eigenvalue weighted by Gasteiger charge is -2.05. The van der Waals surface area contributed by atoms with Gasteiger partial charge in [0.1, 0.15) is 6.61 Å². The number of aryl methyl sites for hydroxylation is 1. The van der Waals surface area contributed by atoms with Gasteiger partial charge in [0.2, 0.25) is 5.89 Å². The Morgan fingerprint density at radius 1 is 1.12 bits per heavy atom. The molecule has 0 unspecified atom stereocenters. The van der Waals surface area contributed by atoms with Gasteiger partial charge in [0.15, 0.2) is 5.76 Å². The van der Waals surface area contributed by atoms with Crippen molar-refractivity contribution in [3.8, 4) is 11.3 Å². The topological polar surface area (TPSA) is 64.4 Å². The van der Waals surface area contributed by atoms with E-state index in [1.165, 1.54) is 5.56 Å². The summed E-state index contributed by atoms with van der Waals surface area (Å²) in [6.07, 6.45) is 2.13. The van der Waals surface area contributed by atoms with Crippen molar-refractivity contribution < 1.29 is 13.9 Å². The zero-order valence-corrected chi connectivity index (χ0v) is 14.1. The van der Waals surface area contributed by atoms with Crippen molar-refractivity contribution in [1.82, 2.24) is 10.3 Å². The third kappa shape index (κ3) is 4.70. The van der Waals surface area contributed by atoms with Crippen LogP contribution in [0.25, 0.3) is 11.3 Å². The van der Waals surface area contributed by atoms with Gasteiger partial charge in [-0.15, -0.1) is 0 Å². The number of hydrogen-bond acceptors (Lipinski definition) is 4. The van der Waals surface area contributed by atoms with Crippen molar-refractivity contribution >= 4 is 6.09 Å². The van der Waals surface area contributed by atoms with Gasteiger partial charge in [0.05, 0.1) is 12.7 Å². The van der Waals surface area contributed by atoms with Crippen molar-refractivity contribution in [2.24, 2.45) is 0 Å². The molecule has 0 aliphatic heterocycles. The Kier molecular flexibility index (Phi) is 5.46. The van der Waals surface area contributed by atoms with Gasteiger partial charge < -0.3 is 14.5 Å². The standard InChI is InChI=1S/C20H20N2O3/c1-2-15-9-6-10-17(11-15)18-12-21-19(25-18)13-22-20(23)24-14-16-7-4-3-5-8-16/h3-12H,2,13-14H2,1H3,(H,22,23). The molecule has 1 amide bonds. The van der Waals surface area contributed by atoms with Crippen molar-refractivity contribution in [3.63, 3.8) is 0 Å². The fourth-order valence-corrected chi connectivity index (χ4v) is 2.39. The number of aromatic nitrogens is 1. The number of ether oxygens (including phenoxy) is 1. The zero-order chi connectivity index (χ0) is 17.5. The minimum atomic E-state index is -0.503. The minimum absolute atomic E-state index is 0.182. The maximum Gasteiger partial charge on any atom is 0.407 e. The summed E-state index contributed by atoms with van der Waals surface area (Å²) < 4.78 is 10.9. The molecule has 3 aromatic rings. The molecule has 1 N–H and O–H groups in total. The molecule has 128 valence electrons. The molecule has 5 heteroatoms. The average molecular weight is 336 g/mol. The predicted molar refractivity (Wildman–Crippen MR) is 94.8 cm³/mol. The van der Waals surface area contributed by atoms with Crippen LogP contribution in [0.15, 0.2) is 65.2 Å². The molecule has 0 saturated heterocycles. The number of nitrogens with one attached hydrogen (secondary N) is 1. The van der Waals surface area contributed by atoms with Crippen molar-refractivity contribution in [2.45, 2.75) is 26.5 Å². The average Bonchev–Trinajstić information content (AvgIpc) is 3.15. The molecule has 1 aromatic heterocycles. The van der Waals surface area contributed by atoms with Gasteiger partial charge in [-0.1, -0.05) is 55.5 Å². The molecule has 1 heterocycles. The normalized spacial score (nSPS) is 10.4. The first-order valence-corrected chi connectivity index (χ1v) is 8.23. The van der Waals surface area contributed by atoms with Crippen molar-refractivity contribution in [2.75, 3.05) is 0 Å². The van der Waals surface area contributed by atoms with E-state index < -0.39 is 6.09 Å². The predicted octanol–water partition coefficient (Wildman–Crippen LogP) is 4.33. The van der Waals surface area contributed by atoms with Crippen LogP contribution >= 0.6 is 0 Å². The number of carbonyl (C=O) groups is 1. The first-order chi connectivity index (χ1) is 12.2. The fourth-order valence-electron chi connectivity index (χ4n) is 2.39. The number of carbonyl (C=O) groups excluding carboxylic acids is 1. The molecule has 0 aliphatic rings. The third-order valence-corrected chi connectivity index (χ3v) is 3.77.